The van der Waals surface area contributed by atoms with Gasteiger partial charge in [-0.3, -0.25) is 0 Å². The van der Waals surface area contributed by atoms with E-state index in [0.717, 1.165) is 5.56 Å². The third-order valence-corrected chi connectivity index (χ3v) is 2.64. The number of rotatable bonds is 6. The number of anilines is 1. The van der Waals surface area contributed by atoms with Crippen LogP contribution in [0.1, 0.15) is 5.56 Å². The van der Waals surface area contributed by atoms with Crippen molar-refractivity contribution < 1.29 is 17.9 Å². The monoisotopic (exact) mass is 272 g/mol. The number of nitrogens with zero attached hydrogens (tertiary/aromatic N) is 1. The van der Waals surface area contributed by atoms with E-state index in [1.165, 1.54) is 6.07 Å². The van der Waals surface area contributed by atoms with E-state index in [1.54, 1.807) is 19.2 Å². The first kappa shape index (κ1) is 15.3. The van der Waals surface area contributed by atoms with Crippen LogP contribution in [-0.2, 0) is 11.2 Å². The summed E-state index contributed by atoms with van der Waals surface area (Å²) in [4.78, 5) is 0. The molecule has 0 fully saturated rings. The highest BCUT2D eigenvalue weighted by Gasteiger charge is 2.39. The van der Waals surface area contributed by atoms with E-state index in [1.807, 2.05) is 12.1 Å². The fourth-order valence-electron chi connectivity index (χ4n) is 1.57. The molecule has 0 bridgehead atoms. The number of benzene rings is 1. The average Bonchev–Trinajstić information content (AvgIpc) is 2.36. The maximum atomic E-state index is 12.4. The SMILES string of the molecule is COCCc1ccccc1NCC(C#N)C(F)(F)F. The fraction of sp³-hybridized carbons (Fsp3) is 0.462. The van der Waals surface area contributed by atoms with Gasteiger partial charge in [-0.2, -0.15) is 18.4 Å². The maximum absolute atomic E-state index is 12.4. The molecule has 0 aliphatic carbocycles. The summed E-state index contributed by atoms with van der Waals surface area (Å²) in [5, 5.41) is 11.2. The number of hydrogen-bond acceptors (Lipinski definition) is 3. The molecule has 0 spiro atoms. The first-order valence-electron chi connectivity index (χ1n) is 5.76. The van der Waals surface area contributed by atoms with Crippen molar-refractivity contribution in [2.24, 2.45) is 5.92 Å². The third kappa shape index (κ3) is 4.79. The van der Waals surface area contributed by atoms with Crippen LogP contribution in [0.5, 0.6) is 0 Å². The van der Waals surface area contributed by atoms with Crippen molar-refractivity contribution in [1.29, 1.82) is 5.26 Å². The van der Waals surface area contributed by atoms with Crippen molar-refractivity contribution in [3.05, 3.63) is 29.8 Å². The minimum atomic E-state index is -4.51. The number of alkyl halides is 3. The fourth-order valence-corrected chi connectivity index (χ4v) is 1.57. The van der Waals surface area contributed by atoms with Crippen molar-refractivity contribution >= 4 is 5.69 Å². The van der Waals surface area contributed by atoms with Gasteiger partial charge in [0.15, 0.2) is 5.92 Å². The van der Waals surface area contributed by atoms with Gasteiger partial charge in [-0.25, -0.2) is 0 Å². The molecule has 6 heteroatoms. The van der Waals surface area contributed by atoms with Crippen LogP contribution in [0, 0.1) is 17.2 Å². The summed E-state index contributed by atoms with van der Waals surface area (Å²) in [6.45, 7) is 0.0314. The maximum Gasteiger partial charge on any atom is 0.406 e. The molecule has 1 aromatic rings. The summed E-state index contributed by atoms with van der Waals surface area (Å²) in [5.41, 5.74) is 1.47. The molecule has 0 saturated heterocycles. The van der Waals surface area contributed by atoms with E-state index >= 15 is 0 Å². The zero-order valence-electron chi connectivity index (χ0n) is 10.5. The summed E-state index contributed by atoms with van der Waals surface area (Å²) in [6, 6.07) is 8.31. The van der Waals surface area contributed by atoms with Crippen LogP contribution in [0.15, 0.2) is 24.3 Å². The quantitative estimate of drug-likeness (QED) is 0.865. The minimum absolute atomic E-state index is 0.454. The Morgan fingerprint density at radius 1 is 1.37 bits per heavy atom. The van der Waals surface area contributed by atoms with Gasteiger partial charge in [0.1, 0.15) is 0 Å². The van der Waals surface area contributed by atoms with Gasteiger partial charge in [0.25, 0.3) is 0 Å². The minimum Gasteiger partial charge on any atom is -0.384 e. The lowest BCUT2D eigenvalue weighted by Gasteiger charge is -2.16. The zero-order chi connectivity index (χ0) is 14.3. The van der Waals surface area contributed by atoms with E-state index in [4.69, 9.17) is 10.00 Å². The van der Waals surface area contributed by atoms with Gasteiger partial charge in [-0.1, -0.05) is 18.2 Å². The molecule has 1 atom stereocenters. The molecule has 0 saturated carbocycles. The number of ether oxygens (including phenoxy) is 1. The van der Waals surface area contributed by atoms with Crippen LogP contribution in [0.3, 0.4) is 0 Å². The third-order valence-electron chi connectivity index (χ3n) is 2.64. The Balaban J connectivity index is 2.69. The summed E-state index contributed by atoms with van der Waals surface area (Å²) >= 11 is 0. The van der Waals surface area contributed by atoms with Crippen LogP contribution in [0.25, 0.3) is 0 Å². The molecule has 0 radical (unpaired) electrons. The number of nitriles is 1. The second-order valence-corrected chi connectivity index (χ2v) is 4.00. The second-order valence-electron chi connectivity index (χ2n) is 4.00. The van der Waals surface area contributed by atoms with Crippen molar-refractivity contribution in [3.8, 4) is 6.07 Å². The molecule has 19 heavy (non-hydrogen) atoms. The zero-order valence-corrected chi connectivity index (χ0v) is 10.5. The molecule has 3 nitrogen and oxygen atoms in total. The largest absolute Gasteiger partial charge is 0.406 e. The number of hydrogen-bond donors (Lipinski definition) is 1. The summed E-state index contributed by atoms with van der Waals surface area (Å²) in [5.74, 6) is -2.01. The highest BCUT2D eigenvalue weighted by molar-refractivity contribution is 5.51. The number of methoxy groups -OCH3 is 1. The molecule has 0 aromatic heterocycles. The van der Waals surface area contributed by atoms with Crippen LogP contribution in [0.4, 0.5) is 18.9 Å². The highest BCUT2D eigenvalue weighted by atomic mass is 19.4. The molecular formula is C13H15F3N2O. The van der Waals surface area contributed by atoms with Crippen LogP contribution in [0.2, 0.25) is 0 Å². The summed E-state index contributed by atoms with van der Waals surface area (Å²) in [7, 11) is 1.56. The van der Waals surface area contributed by atoms with Crippen molar-refractivity contribution in [1.82, 2.24) is 0 Å². The molecule has 1 unspecified atom stereocenters. The van der Waals surface area contributed by atoms with Gasteiger partial charge < -0.3 is 10.1 Å². The van der Waals surface area contributed by atoms with E-state index in [2.05, 4.69) is 5.32 Å². The molecule has 1 rings (SSSR count). The summed E-state index contributed by atoms with van der Waals surface area (Å²) in [6.07, 6.45) is -3.91. The Hall–Kier alpha value is -1.74. The van der Waals surface area contributed by atoms with E-state index < -0.39 is 18.6 Å². The summed E-state index contributed by atoms with van der Waals surface area (Å²) < 4.78 is 42.3. The van der Waals surface area contributed by atoms with Gasteiger partial charge in [-0.05, 0) is 18.1 Å². The van der Waals surface area contributed by atoms with Gasteiger partial charge >= 0.3 is 6.18 Å². The van der Waals surface area contributed by atoms with Gasteiger partial charge in [0, 0.05) is 19.3 Å². The normalized spacial score (nSPS) is 12.8. The molecule has 0 aliphatic rings. The molecule has 0 aliphatic heterocycles. The first-order valence-corrected chi connectivity index (χ1v) is 5.76. The standard InChI is InChI=1S/C13H15F3N2O/c1-19-7-6-10-4-2-3-5-12(10)18-9-11(8-17)13(14,15)16/h2-5,11,18H,6-7,9H2,1H3. The van der Waals surface area contributed by atoms with Crippen molar-refractivity contribution in [3.63, 3.8) is 0 Å². The molecule has 0 heterocycles. The second kappa shape index (κ2) is 7.00. The van der Waals surface area contributed by atoms with Crippen molar-refractivity contribution in [2.45, 2.75) is 12.6 Å². The lowest BCUT2D eigenvalue weighted by molar-refractivity contribution is -0.155. The number of halogens is 3. The first-order chi connectivity index (χ1) is 8.99. The number of para-hydroxylation sites is 1. The predicted molar refractivity (Wildman–Crippen MR) is 65.7 cm³/mol. The van der Waals surface area contributed by atoms with E-state index in [9.17, 15) is 13.2 Å². The molecule has 1 N–H and O–H groups in total. The Morgan fingerprint density at radius 3 is 2.63 bits per heavy atom. The smallest absolute Gasteiger partial charge is 0.384 e. The Labute approximate surface area is 110 Å². The number of nitrogens with one attached hydrogen (secondary N) is 1. The van der Waals surface area contributed by atoms with Gasteiger partial charge in [-0.15, -0.1) is 0 Å². The highest BCUT2D eigenvalue weighted by Crippen LogP contribution is 2.26. The van der Waals surface area contributed by atoms with Crippen LogP contribution >= 0.6 is 0 Å². The van der Waals surface area contributed by atoms with Gasteiger partial charge in [0.05, 0.1) is 12.7 Å². The molecule has 1 aromatic carbocycles. The van der Waals surface area contributed by atoms with Gasteiger partial charge in [0.2, 0.25) is 0 Å². The topological polar surface area (TPSA) is 45.0 Å². The molecule has 104 valence electrons. The Bertz CT molecular complexity index is 440. The molecular weight excluding hydrogens is 257 g/mol. The lowest BCUT2D eigenvalue weighted by atomic mass is 10.1. The predicted octanol–water partition coefficient (Wildman–Crippen LogP) is 2.99. The molecule has 0 amide bonds. The average molecular weight is 272 g/mol. The van der Waals surface area contributed by atoms with E-state index in [0.29, 0.717) is 18.7 Å². The van der Waals surface area contributed by atoms with E-state index in [-0.39, 0.29) is 0 Å². The van der Waals surface area contributed by atoms with Crippen LogP contribution in [-0.4, -0.2) is 26.4 Å². The Kier molecular flexibility index (Phi) is 5.64. The Morgan fingerprint density at radius 2 is 2.05 bits per heavy atom. The van der Waals surface area contributed by atoms with Crippen molar-refractivity contribution in [2.75, 3.05) is 25.6 Å². The lowest BCUT2D eigenvalue weighted by Crippen LogP contribution is -2.28. The van der Waals surface area contributed by atoms with Crippen LogP contribution < -0.4 is 5.32 Å².